The van der Waals surface area contributed by atoms with E-state index in [2.05, 4.69) is 33.3 Å². The Hall–Kier alpha value is -1.93. The summed E-state index contributed by atoms with van der Waals surface area (Å²) < 4.78 is 11.0. The number of fused-ring (bicyclic) bond motifs is 2. The van der Waals surface area contributed by atoms with Crippen molar-refractivity contribution >= 4 is 17.1 Å². The van der Waals surface area contributed by atoms with E-state index in [9.17, 15) is 4.79 Å². The van der Waals surface area contributed by atoms with Crippen molar-refractivity contribution < 1.29 is 14.3 Å². The molecule has 2 aromatic rings. The number of nitrogens with zero attached hydrogens (tertiary/aromatic N) is 1. The van der Waals surface area contributed by atoms with E-state index in [1.54, 1.807) is 18.3 Å². The molecule has 27 heavy (non-hydrogen) atoms. The first-order valence-electron chi connectivity index (χ1n) is 9.39. The fourth-order valence-corrected chi connectivity index (χ4v) is 5.16. The maximum absolute atomic E-state index is 11.5. The minimum atomic E-state index is 0.150. The first-order chi connectivity index (χ1) is 13.2. The summed E-state index contributed by atoms with van der Waals surface area (Å²) in [6.07, 6.45) is 1.11. The third kappa shape index (κ3) is 3.25. The summed E-state index contributed by atoms with van der Waals surface area (Å²) in [7, 11) is 0. The van der Waals surface area contributed by atoms with Gasteiger partial charge in [-0.2, -0.15) is 0 Å². The van der Waals surface area contributed by atoms with Crippen molar-refractivity contribution in [1.82, 2.24) is 15.8 Å². The fourth-order valence-electron chi connectivity index (χ4n) is 4.36. The molecule has 7 heteroatoms. The van der Waals surface area contributed by atoms with Gasteiger partial charge in [0.1, 0.15) is 0 Å². The van der Waals surface area contributed by atoms with E-state index in [1.165, 1.54) is 11.1 Å². The summed E-state index contributed by atoms with van der Waals surface area (Å²) in [5.74, 6) is 2.30. The second-order valence-corrected chi connectivity index (χ2v) is 8.46. The Bertz CT molecular complexity index is 868. The summed E-state index contributed by atoms with van der Waals surface area (Å²) in [4.78, 5) is 14.9. The molecule has 2 saturated heterocycles. The van der Waals surface area contributed by atoms with Crippen molar-refractivity contribution in [2.75, 3.05) is 19.9 Å². The Morgan fingerprint density at radius 3 is 3.00 bits per heavy atom. The number of nitrogens with one attached hydrogen (secondary N) is 2. The van der Waals surface area contributed by atoms with Crippen LogP contribution in [-0.2, 0) is 6.54 Å². The van der Waals surface area contributed by atoms with Gasteiger partial charge in [0.25, 0.3) is 0 Å². The Morgan fingerprint density at radius 2 is 2.15 bits per heavy atom. The second kappa shape index (κ2) is 6.91. The van der Waals surface area contributed by atoms with Crippen molar-refractivity contribution in [3.05, 3.63) is 45.6 Å². The lowest BCUT2D eigenvalue weighted by Crippen LogP contribution is -2.45. The van der Waals surface area contributed by atoms with Crippen molar-refractivity contribution in [3.8, 4) is 11.5 Å². The molecular weight excluding hydrogens is 362 g/mol. The van der Waals surface area contributed by atoms with Crippen LogP contribution < -0.4 is 20.3 Å². The molecule has 3 aliphatic rings. The van der Waals surface area contributed by atoms with Crippen LogP contribution >= 0.6 is 11.3 Å². The molecule has 3 aliphatic heterocycles. The van der Waals surface area contributed by atoms with Gasteiger partial charge in [-0.15, -0.1) is 11.3 Å². The highest BCUT2D eigenvalue weighted by Crippen LogP contribution is 2.39. The van der Waals surface area contributed by atoms with Gasteiger partial charge >= 0.3 is 0 Å². The summed E-state index contributed by atoms with van der Waals surface area (Å²) >= 11 is 1.55. The van der Waals surface area contributed by atoms with Gasteiger partial charge in [0, 0.05) is 31.6 Å². The average Bonchev–Trinajstić information content (AvgIpc) is 3.40. The van der Waals surface area contributed by atoms with Crippen LogP contribution in [0, 0.1) is 5.92 Å². The normalized spacial score (nSPS) is 26.9. The highest BCUT2D eigenvalue weighted by molar-refractivity contribution is 7.12. The van der Waals surface area contributed by atoms with Crippen molar-refractivity contribution in [2.24, 2.45) is 5.92 Å². The van der Waals surface area contributed by atoms with Gasteiger partial charge in [-0.1, -0.05) is 6.07 Å². The SMILES string of the molecule is CC(=O)c1cc(CN2CCC3NNC(c4ccc5c(c4)OCO5)C3C2)cs1. The predicted octanol–water partition coefficient (Wildman–Crippen LogP) is 2.72. The van der Waals surface area contributed by atoms with Gasteiger partial charge in [-0.3, -0.25) is 15.1 Å². The number of carbonyl (C=O) groups is 1. The maximum Gasteiger partial charge on any atom is 0.231 e. The molecule has 0 radical (unpaired) electrons. The topological polar surface area (TPSA) is 62.8 Å². The van der Waals surface area contributed by atoms with E-state index in [0.29, 0.717) is 18.8 Å². The van der Waals surface area contributed by atoms with Crippen LogP contribution in [0.25, 0.3) is 0 Å². The number of hydrazine groups is 1. The molecule has 3 atom stereocenters. The number of likely N-dealkylation sites (tertiary alicyclic amines) is 1. The fraction of sp³-hybridized carbons (Fsp3) is 0.450. The summed E-state index contributed by atoms with van der Waals surface area (Å²) in [6, 6.07) is 9.00. The number of ether oxygens (including phenoxy) is 2. The molecule has 4 heterocycles. The number of benzene rings is 1. The first kappa shape index (κ1) is 17.2. The molecule has 0 aliphatic carbocycles. The van der Waals surface area contributed by atoms with E-state index in [4.69, 9.17) is 9.47 Å². The Labute approximate surface area is 162 Å². The van der Waals surface area contributed by atoms with Gasteiger partial charge in [0.2, 0.25) is 6.79 Å². The zero-order valence-electron chi connectivity index (χ0n) is 15.2. The van der Waals surface area contributed by atoms with Crippen LogP contribution in [0.3, 0.4) is 0 Å². The van der Waals surface area contributed by atoms with E-state index in [0.717, 1.165) is 42.4 Å². The number of piperidine rings is 1. The van der Waals surface area contributed by atoms with Crippen LogP contribution in [-0.4, -0.2) is 36.6 Å². The lowest BCUT2D eigenvalue weighted by atomic mass is 9.85. The van der Waals surface area contributed by atoms with Gasteiger partial charge < -0.3 is 9.47 Å². The van der Waals surface area contributed by atoms with Crippen LogP contribution in [0.4, 0.5) is 0 Å². The molecule has 2 fully saturated rings. The van der Waals surface area contributed by atoms with Crippen molar-refractivity contribution in [3.63, 3.8) is 0 Å². The van der Waals surface area contributed by atoms with E-state index >= 15 is 0 Å². The number of ketones is 1. The molecule has 0 spiro atoms. The smallest absolute Gasteiger partial charge is 0.231 e. The number of hydrogen-bond donors (Lipinski definition) is 2. The van der Waals surface area contributed by atoms with Crippen LogP contribution in [0.2, 0.25) is 0 Å². The summed E-state index contributed by atoms with van der Waals surface area (Å²) in [5, 5.41) is 2.11. The highest BCUT2D eigenvalue weighted by Gasteiger charge is 2.40. The van der Waals surface area contributed by atoms with Crippen LogP contribution in [0.1, 0.15) is 40.2 Å². The molecule has 2 N–H and O–H groups in total. The standard InChI is InChI=1S/C20H23N3O3S/c1-12(24)19-6-13(10-27-19)8-23-5-4-16-15(9-23)20(22-21-16)14-2-3-17-18(7-14)26-11-25-17/h2-3,6-7,10,15-16,20-22H,4-5,8-9,11H2,1H3. The molecular formula is C20H23N3O3S. The van der Waals surface area contributed by atoms with E-state index in [-0.39, 0.29) is 11.8 Å². The number of hydrogen-bond acceptors (Lipinski definition) is 7. The minimum absolute atomic E-state index is 0.150. The molecule has 0 saturated carbocycles. The highest BCUT2D eigenvalue weighted by atomic mass is 32.1. The van der Waals surface area contributed by atoms with Gasteiger partial charge in [-0.25, -0.2) is 5.43 Å². The summed E-state index contributed by atoms with van der Waals surface area (Å²) in [6.45, 7) is 4.93. The molecule has 142 valence electrons. The predicted molar refractivity (Wildman–Crippen MR) is 103 cm³/mol. The van der Waals surface area contributed by atoms with E-state index < -0.39 is 0 Å². The maximum atomic E-state index is 11.5. The van der Waals surface area contributed by atoms with Crippen molar-refractivity contribution in [1.29, 1.82) is 0 Å². The summed E-state index contributed by atoms with van der Waals surface area (Å²) in [5.41, 5.74) is 9.45. The number of thiophene rings is 1. The van der Waals surface area contributed by atoms with Crippen LogP contribution in [0.15, 0.2) is 29.6 Å². The third-order valence-corrected chi connectivity index (χ3v) is 6.84. The molecule has 5 rings (SSSR count). The molecule has 6 nitrogen and oxygen atoms in total. The lowest BCUT2D eigenvalue weighted by molar-refractivity contribution is 0.102. The van der Waals surface area contributed by atoms with Crippen LogP contribution in [0.5, 0.6) is 11.5 Å². The number of carbonyl (C=O) groups excluding carboxylic acids is 1. The zero-order chi connectivity index (χ0) is 18.4. The molecule has 0 amide bonds. The average molecular weight is 385 g/mol. The van der Waals surface area contributed by atoms with Crippen molar-refractivity contribution in [2.45, 2.75) is 32.0 Å². The largest absolute Gasteiger partial charge is 0.454 e. The third-order valence-electron chi connectivity index (χ3n) is 5.76. The van der Waals surface area contributed by atoms with Gasteiger partial charge in [0.05, 0.1) is 10.9 Å². The Kier molecular flexibility index (Phi) is 4.40. The number of Topliss-reactive ketones (excluding diaryl/α,β-unsaturated/α-hetero) is 1. The Balaban J connectivity index is 1.30. The van der Waals surface area contributed by atoms with Gasteiger partial charge in [-0.05, 0) is 48.1 Å². The minimum Gasteiger partial charge on any atom is -0.454 e. The first-order valence-corrected chi connectivity index (χ1v) is 10.3. The second-order valence-electron chi connectivity index (χ2n) is 7.55. The molecule has 3 unspecified atom stereocenters. The Morgan fingerprint density at radius 1 is 1.26 bits per heavy atom. The molecule has 0 bridgehead atoms. The zero-order valence-corrected chi connectivity index (χ0v) is 16.1. The monoisotopic (exact) mass is 385 g/mol. The quantitative estimate of drug-likeness (QED) is 0.789. The van der Waals surface area contributed by atoms with Gasteiger partial charge in [0.15, 0.2) is 17.3 Å². The lowest BCUT2D eigenvalue weighted by Gasteiger charge is -2.36. The number of rotatable bonds is 4. The van der Waals surface area contributed by atoms with E-state index in [1.807, 2.05) is 12.1 Å². The molecule has 1 aromatic carbocycles. The molecule has 1 aromatic heterocycles.